The highest BCUT2D eigenvalue weighted by molar-refractivity contribution is 7.15. The minimum Gasteiger partial charge on any atom is -0.481 e. The van der Waals surface area contributed by atoms with Crippen molar-refractivity contribution in [1.82, 2.24) is 0 Å². The van der Waals surface area contributed by atoms with Crippen molar-refractivity contribution in [3.8, 4) is 11.1 Å². The summed E-state index contributed by atoms with van der Waals surface area (Å²) in [6.07, 6.45) is 4.88. The van der Waals surface area contributed by atoms with Crippen molar-refractivity contribution in [2.45, 2.75) is 46.1 Å². The minimum absolute atomic E-state index is 0.300. The van der Waals surface area contributed by atoms with Crippen molar-refractivity contribution >= 4 is 34.2 Å². The predicted octanol–water partition coefficient (Wildman–Crippen LogP) is 5.15. The monoisotopic (exact) mass is 441 g/mol. The highest BCUT2D eigenvalue weighted by atomic mass is 32.1. The number of carboxylic acid groups (broad SMARTS) is 1. The third-order valence-electron chi connectivity index (χ3n) is 5.33. The van der Waals surface area contributed by atoms with Gasteiger partial charge in [0.1, 0.15) is 10.6 Å². The number of carboxylic acids is 1. The number of nitrogens with one attached hydrogen (secondary N) is 1. The van der Waals surface area contributed by atoms with Crippen LogP contribution in [-0.4, -0.2) is 29.1 Å². The van der Waals surface area contributed by atoms with Gasteiger partial charge in [-0.1, -0.05) is 43.3 Å². The number of thiophene rings is 1. The number of amides is 1. The second-order valence-electron chi connectivity index (χ2n) is 7.84. The zero-order valence-corrected chi connectivity index (χ0v) is 18.7. The summed E-state index contributed by atoms with van der Waals surface area (Å²) in [4.78, 5) is 37.4. The summed E-state index contributed by atoms with van der Waals surface area (Å²) < 4.78 is 5.44. The molecule has 0 radical (unpaired) electrons. The molecule has 2 aromatic rings. The lowest BCUT2D eigenvalue weighted by molar-refractivity contribution is -0.146. The van der Waals surface area contributed by atoms with Crippen LogP contribution in [-0.2, 0) is 20.7 Å². The van der Waals surface area contributed by atoms with Gasteiger partial charge in [0.25, 0.3) is 0 Å². The Morgan fingerprint density at radius 2 is 1.77 bits per heavy atom. The van der Waals surface area contributed by atoms with Crippen LogP contribution in [0.5, 0.6) is 0 Å². The predicted molar refractivity (Wildman–Crippen MR) is 121 cm³/mol. The summed E-state index contributed by atoms with van der Waals surface area (Å²) in [7, 11) is 0. The molecule has 1 aliphatic rings. The highest BCUT2D eigenvalue weighted by Gasteiger charge is 2.35. The summed E-state index contributed by atoms with van der Waals surface area (Å²) >= 11 is 1.24. The first-order valence-electron chi connectivity index (χ1n) is 10.4. The Kier molecular flexibility index (Phi) is 7.28. The lowest BCUT2D eigenvalue weighted by atomic mass is 9.82. The van der Waals surface area contributed by atoms with Crippen LogP contribution in [0.4, 0.5) is 5.00 Å². The molecule has 2 N–H and O–H groups in total. The zero-order chi connectivity index (χ0) is 22.5. The number of aryl methyl sites for hydroxylation is 1. The molecule has 0 saturated carbocycles. The van der Waals surface area contributed by atoms with Crippen molar-refractivity contribution in [2.24, 2.45) is 11.8 Å². The molecule has 3 rings (SSSR count). The molecule has 0 bridgehead atoms. The number of hydrogen-bond donors (Lipinski definition) is 2. The third-order valence-corrected chi connectivity index (χ3v) is 6.23. The van der Waals surface area contributed by atoms with Crippen molar-refractivity contribution in [3.63, 3.8) is 0 Å². The second kappa shape index (κ2) is 9.92. The van der Waals surface area contributed by atoms with Crippen LogP contribution >= 0.6 is 11.3 Å². The standard InChI is InChI=1S/C24H27NO5S/c1-4-15-9-11-16(12-10-15)19-13-31-22(20(19)24(29)30-14(2)3)25-21(26)17-7-5-6-8-18(17)23(27)28/h5-6,9-14,17-18H,4,7-8H2,1-3H3,(H,25,26)(H,27,28)/t17-,18-/m1/s1. The van der Waals surface area contributed by atoms with E-state index in [1.54, 1.807) is 19.9 Å². The van der Waals surface area contributed by atoms with Gasteiger partial charge >= 0.3 is 11.9 Å². The van der Waals surface area contributed by atoms with E-state index < -0.39 is 29.7 Å². The summed E-state index contributed by atoms with van der Waals surface area (Å²) in [5, 5.41) is 14.5. The normalized spacial score (nSPS) is 18.1. The summed E-state index contributed by atoms with van der Waals surface area (Å²) in [6, 6.07) is 7.92. The molecular formula is C24H27NO5S. The number of allylic oxidation sites excluding steroid dienone is 2. The number of hydrogen-bond acceptors (Lipinski definition) is 5. The Morgan fingerprint density at radius 3 is 2.35 bits per heavy atom. The number of aliphatic carboxylic acids is 1. The van der Waals surface area contributed by atoms with Crippen molar-refractivity contribution in [2.75, 3.05) is 5.32 Å². The molecule has 0 unspecified atom stereocenters. The first kappa shape index (κ1) is 22.7. The average Bonchev–Trinajstić information content (AvgIpc) is 3.16. The first-order chi connectivity index (χ1) is 14.8. The van der Waals surface area contributed by atoms with Crippen LogP contribution in [0.1, 0.15) is 49.5 Å². The number of anilines is 1. The van der Waals surface area contributed by atoms with Crippen molar-refractivity contribution in [1.29, 1.82) is 0 Å². The molecule has 1 aromatic carbocycles. The molecule has 1 aromatic heterocycles. The van der Waals surface area contributed by atoms with E-state index in [0.717, 1.165) is 12.0 Å². The first-order valence-corrected chi connectivity index (χ1v) is 11.3. The molecule has 0 fully saturated rings. The largest absolute Gasteiger partial charge is 0.481 e. The maximum atomic E-state index is 13.0. The Labute approximate surface area is 185 Å². The lowest BCUT2D eigenvalue weighted by Gasteiger charge is -2.24. The number of carbonyl (C=O) groups excluding carboxylic acids is 2. The van der Waals surface area contributed by atoms with Gasteiger partial charge in [-0.2, -0.15) is 0 Å². The average molecular weight is 442 g/mol. The fraction of sp³-hybridized carbons (Fsp3) is 0.375. The molecule has 1 aliphatic carbocycles. The Morgan fingerprint density at radius 1 is 1.13 bits per heavy atom. The molecule has 0 saturated heterocycles. The van der Waals surface area contributed by atoms with E-state index >= 15 is 0 Å². The fourth-order valence-corrected chi connectivity index (χ4v) is 4.60. The molecule has 31 heavy (non-hydrogen) atoms. The number of carbonyl (C=O) groups is 3. The summed E-state index contributed by atoms with van der Waals surface area (Å²) in [5.74, 6) is -3.38. The van der Waals surface area contributed by atoms with Gasteiger partial charge in [-0.3, -0.25) is 9.59 Å². The SMILES string of the molecule is CCc1ccc(-c2csc(NC(=O)[C@@H]3CC=CC[C@H]3C(=O)O)c2C(=O)OC(C)C)cc1. The maximum absolute atomic E-state index is 13.0. The molecule has 0 spiro atoms. The van der Waals surface area contributed by atoms with Gasteiger partial charge in [0, 0.05) is 10.9 Å². The van der Waals surface area contributed by atoms with Crippen molar-refractivity contribution < 1.29 is 24.2 Å². The van der Waals surface area contributed by atoms with Gasteiger partial charge in [-0.25, -0.2) is 4.79 Å². The van der Waals surface area contributed by atoms with Gasteiger partial charge in [-0.05, 0) is 44.2 Å². The third kappa shape index (κ3) is 5.22. The number of rotatable bonds is 7. The smallest absolute Gasteiger partial charge is 0.342 e. The van der Waals surface area contributed by atoms with Crippen LogP contribution in [0.15, 0.2) is 41.8 Å². The van der Waals surface area contributed by atoms with Crippen molar-refractivity contribution in [3.05, 3.63) is 52.9 Å². The fourth-order valence-electron chi connectivity index (χ4n) is 3.64. The second-order valence-corrected chi connectivity index (χ2v) is 8.72. The van der Waals surface area contributed by atoms with Crippen LogP contribution in [0.25, 0.3) is 11.1 Å². The van der Waals surface area contributed by atoms with Crippen LogP contribution in [0, 0.1) is 11.8 Å². The summed E-state index contributed by atoms with van der Waals surface area (Å²) in [5.41, 5.74) is 3.03. The lowest BCUT2D eigenvalue weighted by Crippen LogP contribution is -2.34. The van der Waals surface area contributed by atoms with E-state index in [-0.39, 0.29) is 6.10 Å². The van der Waals surface area contributed by atoms with Crippen LogP contribution in [0.3, 0.4) is 0 Å². The van der Waals surface area contributed by atoms with Gasteiger partial charge in [0.15, 0.2) is 0 Å². The van der Waals surface area contributed by atoms with Gasteiger partial charge < -0.3 is 15.2 Å². The van der Waals surface area contributed by atoms with Crippen LogP contribution in [0.2, 0.25) is 0 Å². The zero-order valence-electron chi connectivity index (χ0n) is 17.9. The Balaban J connectivity index is 1.94. The number of esters is 1. The molecular weight excluding hydrogens is 414 g/mol. The molecule has 2 atom stereocenters. The maximum Gasteiger partial charge on any atom is 0.342 e. The van der Waals surface area contributed by atoms with Gasteiger partial charge in [-0.15, -0.1) is 11.3 Å². The van der Waals surface area contributed by atoms with E-state index in [9.17, 15) is 19.5 Å². The van der Waals surface area contributed by atoms with E-state index in [4.69, 9.17) is 4.74 Å². The molecule has 6 nitrogen and oxygen atoms in total. The number of benzene rings is 1. The molecule has 7 heteroatoms. The van der Waals surface area contributed by atoms with Gasteiger partial charge in [0.2, 0.25) is 5.91 Å². The molecule has 164 valence electrons. The Bertz CT molecular complexity index is 990. The van der Waals surface area contributed by atoms with Gasteiger partial charge in [0.05, 0.1) is 17.9 Å². The minimum atomic E-state index is -0.994. The topological polar surface area (TPSA) is 92.7 Å². The van der Waals surface area contributed by atoms with Crippen LogP contribution < -0.4 is 5.32 Å². The van der Waals surface area contributed by atoms with E-state index in [1.807, 2.05) is 35.7 Å². The summed E-state index contributed by atoms with van der Waals surface area (Å²) in [6.45, 7) is 5.61. The number of ether oxygens (including phenoxy) is 1. The van der Waals surface area contributed by atoms with E-state index in [2.05, 4.69) is 12.2 Å². The quantitative estimate of drug-likeness (QED) is 0.458. The highest BCUT2D eigenvalue weighted by Crippen LogP contribution is 2.37. The molecule has 0 aliphatic heterocycles. The van der Waals surface area contributed by atoms with E-state index in [0.29, 0.717) is 29.0 Å². The molecule has 1 amide bonds. The van der Waals surface area contributed by atoms with E-state index in [1.165, 1.54) is 16.9 Å². The molecule has 1 heterocycles. The Hall–Kier alpha value is -2.93.